The van der Waals surface area contributed by atoms with E-state index in [1.165, 1.54) is 36.4 Å². The molecule has 4 N–H and O–H groups in total. The number of carbonyl (C=O) groups is 2. The number of amidine groups is 2. The number of aryl methyl sites for hydroxylation is 1. The molecule has 196 valence electrons. The molecule has 1 aromatic carbocycles. The summed E-state index contributed by atoms with van der Waals surface area (Å²) in [5.41, 5.74) is 8.49. The maximum absolute atomic E-state index is 12.3. The van der Waals surface area contributed by atoms with Crippen LogP contribution in [0, 0.1) is 12.8 Å². The van der Waals surface area contributed by atoms with Crippen LogP contribution in [-0.2, 0) is 9.59 Å². The first-order chi connectivity index (χ1) is 18.4. The highest BCUT2D eigenvalue weighted by molar-refractivity contribution is 8.16. The monoisotopic (exact) mass is 549 g/mol. The van der Waals surface area contributed by atoms with Crippen LogP contribution in [0.4, 0.5) is 11.6 Å². The van der Waals surface area contributed by atoms with Gasteiger partial charge in [0.05, 0.1) is 12.2 Å². The maximum atomic E-state index is 12.3. The van der Waals surface area contributed by atoms with Crippen LogP contribution in [0.25, 0.3) is 5.65 Å². The lowest BCUT2D eigenvalue weighted by atomic mass is 10.3. The molecular weight excluding hydrogens is 522 g/mol. The predicted molar refractivity (Wildman–Crippen MR) is 151 cm³/mol. The molecule has 2 aromatic heterocycles. The van der Waals surface area contributed by atoms with Gasteiger partial charge in [-0.3, -0.25) is 24.3 Å². The Morgan fingerprint density at radius 1 is 1.16 bits per heavy atom. The number of hydrogen-bond donors (Lipinski definition) is 4. The Morgan fingerprint density at radius 3 is 2.68 bits per heavy atom. The van der Waals surface area contributed by atoms with Gasteiger partial charge in [-0.2, -0.15) is 4.99 Å². The summed E-state index contributed by atoms with van der Waals surface area (Å²) in [6.45, 7) is 5.22. The number of anilines is 1. The maximum Gasteiger partial charge on any atom is 0.315 e. The topological polar surface area (TPSA) is 137 Å². The number of fused-ring (bicyclic) bond motifs is 1. The molecule has 3 aromatic rings. The molecule has 0 saturated heterocycles. The van der Waals surface area contributed by atoms with E-state index in [0.29, 0.717) is 29.2 Å². The van der Waals surface area contributed by atoms with Crippen molar-refractivity contribution in [1.29, 1.82) is 0 Å². The summed E-state index contributed by atoms with van der Waals surface area (Å²) in [6, 6.07) is 9.08. The molecule has 0 radical (unpaired) electrons. The lowest BCUT2D eigenvalue weighted by Crippen LogP contribution is -2.38. The fraction of sp³-hybridized carbons (Fsp3) is 0.280. The van der Waals surface area contributed by atoms with Gasteiger partial charge in [0.1, 0.15) is 16.5 Å². The first-order valence-corrected chi connectivity index (χ1v) is 13.8. The zero-order chi connectivity index (χ0) is 26.5. The van der Waals surface area contributed by atoms with Crippen molar-refractivity contribution < 1.29 is 9.59 Å². The van der Waals surface area contributed by atoms with E-state index in [0.717, 1.165) is 33.7 Å². The Kier molecular flexibility index (Phi) is 8.05. The Morgan fingerprint density at radius 2 is 1.95 bits per heavy atom. The normalized spacial score (nSPS) is 15.3. The van der Waals surface area contributed by atoms with Crippen LogP contribution in [0.1, 0.15) is 25.5 Å². The molecule has 11 nitrogen and oxygen atoms in total. The Bertz CT molecular complexity index is 1440. The SMILES string of the molecule is C/C(=N\c1nc(Sc2ccc(NC(=O)C(=O)NC3=NCC=CS3)cc2)cc2nc(C)cn12)NNCC1CC1. The van der Waals surface area contributed by atoms with Gasteiger partial charge in [0.25, 0.3) is 0 Å². The first-order valence-electron chi connectivity index (χ1n) is 12.1. The van der Waals surface area contributed by atoms with Crippen LogP contribution in [0.15, 0.2) is 67.9 Å². The van der Waals surface area contributed by atoms with Gasteiger partial charge in [-0.15, -0.1) is 0 Å². The Hall–Kier alpha value is -3.68. The van der Waals surface area contributed by atoms with E-state index < -0.39 is 11.8 Å². The van der Waals surface area contributed by atoms with Crippen molar-refractivity contribution in [2.24, 2.45) is 15.9 Å². The minimum absolute atomic E-state index is 0.403. The molecule has 0 atom stereocenters. The average molecular weight is 550 g/mol. The van der Waals surface area contributed by atoms with Crippen LogP contribution in [0.2, 0.25) is 0 Å². The molecule has 5 rings (SSSR count). The number of aromatic nitrogens is 3. The molecule has 1 aliphatic heterocycles. The summed E-state index contributed by atoms with van der Waals surface area (Å²) in [6.07, 6.45) is 6.32. The highest BCUT2D eigenvalue weighted by Crippen LogP contribution is 2.30. The van der Waals surface area contributed by atoms with Gasteiger partial charge in [0.15, 0.2) is 5.17 Å². The van der Waals surface area contributed by atoms with Crippen LogP contribution in [-0.4, -0.2) is 50.3 Å². The number of hydrazine groups is 1. The number of rotatable bonds is 7. The van der Waals surface area contributed by atoms with E-state index in [9.17, 15) is 9.59 Å². The number of benzene rings is 1. The summed E-state index contributed by atoms with van der Waals surface area (Å²) in [5.74, 6) is 0.459. The molecule has 3 heterocycles. The summed E-state index contributed by atoms with van der Waals surface area (Å²) in [7, 11) is 0. The third-order valence-electron chi connectivity index (χ3n) is 5.53. The average Bonchev–Trinajstić information content (AvgIpc) is 3.64. The fourth-order valence-electron chi connectivity index (χ4n) is 3.49. The standard InChI is InChI=1S/C25H27N9O2S2/c1-15-14-34-20(28-15)12-21(31-24(34)29-16(2)33-27-13-17-4-5-17)38-19-8-6-18(7-9-19)30-22(35)23(36)32-25-26-10-3-11-37-25/h3,6-9,11-12,14,17,27H,4-5,10,13H2,1-2H3,(H,30,35)(H,26,32,36)(H,29,31,33). The van der Waals surface area contributed by atoms with Gasteiger partial charge >= 0.3 is 11.8 Å². The van der Waals surface area contributed by atoms with E-state index in [2.05, 4.69) is 36.5 Å². The molecule has 2 aliphatic rings. The van der Waals surface area contributed by atoms with E-state index in [1.54, 1.807) is 12.1 Å². The first kappa shape index (κ1) is 25.9. The fourth-order valence-corrected chi connectivity index (χ4v) is 4.91. The number of thioether (sulfide) groups is 1. The number of aliphatic imine (C=N–C) groups is 2. The quantitative estimate of drug-likeness (QED) is 0.116. The van der Waals surface area contributed by atoms with E-state index in [4.69, 9.17) is 4.98 Å². The molecule has 0 bridgehead atoms. The van der Waals surface area contributed by atoms with Gasteiger partial charge < -0.3 is 10.7 Å². The van der Waals surface area contributed by atoms with E-state index >= 15 is 0 Å². The molecule has 0 spiro atoms. The minimum Gasteiger partial charge on any atom is -0.318 e. The van der Waals surface area contributed by atoms with Gasteiger partial charge in [-0.05, 0) is 62.3 Å². The molecule has 1 fully saturated rings. The predicted octanol–water partition coefficient (Wildman–Crippen LogP) is 3.41. The van der Waals surface area contributed by atoms with Crippen molar-refractivity contribution in [3.8, 4) is 0 Å². The van der Waals surface area contributed by atoms with Crippen LogP contribution in [0.5, 0.6) is 0 Å². The summed E-state index contributed by atoms with van der Waals surface area (Å²) >= 11 is 2.71. The van der Waals surface area contributed by atoms with Crippen molar-refractivity contribution in [3.63, 3.8) is 0 Å². The number of amides is 2. The summed E-state index contributed by atoms with van der Waals surface area (Å²) < 4.78 is 1.86. The second-order valence-electron chi connectivity index (χ2n) is 8.82. The molecule has 2 amide bonds. The number of hydrogen-bond acceptors (Lipinski definition) is 9. The van der Waals surface area contributed by atoms with Crippen molar-refractivity contribution in [2.45, 2.75) is 36.6 Å². The minimum atomic E-state index is -0.766. The second kappa shape index (κ2) is 11.8. The third-order valence-corrected chi connectivity index (χ3v) is 7.24. The second-order valence-corrected chi connectivity index (χ2v) is 10.8. The number of imidazole rings is 1. The number of carbonyl (C=O) groups excluding carboxylic acids is 2. The largest absolute Gasteiger partial charge is 0.318 e. The van der Waals surface area contributed by atoms with E-state index in [-0.39, 0.29) is 0 Å². The lowest BCUT2D eigenvalue weighted by Gasteiger charge is -2.10. The molecule has 1 saturated carbocycles. The third kappa shape index (κ3) is 7.00. The van der Waals surface area contributed by atoms with Gasteiger partial charge in [0, 0.05) is 29.4 Å². The van der Waals surface area contributed by atoms with Crippen molar-refractivity contribution in [2.75, 3.05) is 18.4 Å². The summed E-state index contributed by atoms with van der Waals surface area (Å²) in [4.78, 5) is 43.4. The van der Waals surface area contributed by atoms with Crippen LogP contribution < -0.4 is 21.5 Å². The van der Waals surface area contributed by atoms with Crippen molar-refractivity contribution in [3.05, 3.63) is 53.7 Å². The number of nitrogens with one attached hydrogen (secondary N) is 4. The van der Waals surface area contributed by atoms with Gasteiger partial charge in [0.2, 0.25) is 5.95 Å². The van der Waals surface area contributed by atoms with E-state index in [1.807, 2.05) is 54.1 Å². The van der Waals surface area contributed by atoms with Gasteiger partial charge in [-0.25, -0.2) is 15.4 Å². The lowest BCUT2D eigenvalue weighted by molar-refractivity contribution is -0.135. The highest BCUT2D eigenvalue weighted by Gasteiger charge is 2.20. The van der Waals surface area contributed by atoms with Crippen molar-refractivity contribution in [1.82, 2.24) is 30.5 Å². The van der Waals surface area contributed by atoms with Crippen molar-refractivity contribution >= 4 is 63.6 Å². The molecule has 13 heteroatoms. The summed E-state index contributed by atoms with van der Waals surface area (Å²) in [5, 5.41) is 8.07. The van der Waals surface area contributed by atoms with Gasteiger partial charge in [-0.1, -0.05) is 29.6 Å². The molecule has 1 aliphatic carbocycles. The zero-order valence-corrected chi connectivity index (χ0v) is 22.5. The Balaban J connectivity index is 1.24. The zero-order valence-electron chi connectivity index (χ0n) is 20.9. The molecule has 0 unspecified atom stereocenters. The Labute approximate surface area is 228 Å². The van der Waals surface area contributed by atoms with Crippen LogP contribution >= 0.6 is 23.5 Å². The molecule has 38 heavy (non-hydrogen) atoms. The molecular formula is C25H27N9O2S2. The number of nitrogens with zero attached hydrogens (tertiary/aromatic N) is 5. The smallest absolute Gasteiger partial charge is 0.315 e. The van der Waals surface area contributed by atoms with Crippen LogP contribution in [0.3, 0.4) is 0 Å². The highest BCUT2D eigenvalue weighted by atomic mass is 32.2.